The fourth-order valence-electron chi connectivity index (χ4n) is 2.76. The highest BCUT2D eigenvalue weighted by molar-refractivity contribution is 5.94. The Morgan fingerprint density at radius 1 is 1.33 bits per heavy atom. The molecule has 0 bridgehead atoms. The van der Waals surface area contributed by atoms with Crippen molar-refractivity contribution in [2.45, 2.75) is 19.6 Å². The molecule has 1 amide bonds. The van der Waals surface area contributed by atoms with E-state index in [9.17, 15) is 18.0 Å². The maximum atomic E-state index is 12.8. The van der Waals surface area contributed by atoms with E-state index in [-0.39, 0.29) is 11.3 Å². The molecule has 0 saturated carbocycles. The van der Waals surface area contributed by atoms with Crippen molar-refractivity contribution in [3.05, 3.63) is 41.1 Å². The normalized spacial score (nSPS) is 16.6. The molecule has 0 unspecified atom stereocenters. The Hall–Kier alpha value is -2.29. The third-order valence-electron chi connectivity index (χ3n) is 4.11. The van der Waals surface area contributed by atoms with Gasteiger partial charge in [-0.05, 0) is 19.1 Å². The topological polar surface area (TPSA) is 65.4 Å². The Labute approximate surface area is 136 Å². The minimum absolute atomic E-state index is 0.162. The van der Waals surface area contributed by atoms with Crippen LogP contribution in [0.3, 0.4) is 0 Å². The van der Waals surface area contributed by atoms with Crippen molar-refractivity contribution in [1.82, 2.24) is 20.0 Å². The quantitative estimate of drug-likeness (QED) is 0.929. The predicted molar refractivity (Wildman–Crippen MR) is 78.2 cm³/mol. The first-order chi connectivity index (χ1) is 11.4. The number of piperazine rings is 1. The zero-order chi connectivity index (χ0) is 17.3. The van der Waals surface area contributed by atoms with Crippen molar-refractivity contribution < 1.29 is 22.4 Å². The minimum Gasteiger partial charge on any atom is -0.468 e. The lowest BCUT2D eigenvalue weighted by Crippen LogP contribution is -2.48. The number of nitrogens with zero attached hydrogens (tertiary/aromatic N) is 3. The van der Waals surface area contributed by atoms with Gasteiger partial charge in [0.15, 0.2) is 5.69 Å². The number of aromatic nitrogens is 2. The molecule has 1 saturated heterocycles. The van der Waals surface area contributed by atoms with Crippen molar-refractivity contribution in [2.75, 3.05) is 26.2 Å². The van der Waals surface area contributed by atoms with Gasteiger partial charge in [0.2, 0.25) is 0 Å². The smallest absolute Gasteiger partial charge is 0.433 e. The number of halogens is 3. The molecule has 2 aromatic heterocycles. The molecule has 2 aromatic rings. The third-order valence-corrected chi connectivity index (χ3v) is 4.11. The van der Waals surface area contributed by atoms with E-state index in [4.69, 9.17) is 4.42 Å². The van der Waals surface area contributed by atoms with Crippen LogP contribution >= 0.6 is 0 Å². The van der Waals surface area contributed by atoms with Gasteiger partial charge in [-0.2, -0.15) is 18.3 Å². The van der Waals surface area contributed by atoms with Crippen LogP contribution in [-0.2, 0) is 12.7 Å². The Morgan fingerprint density at radius 3 is 2.58 bits per heavy atom. The molecular formula is C15H17F3N4O2. The van der Waals surface area contributed by atoms with E-state index in [0.717, 1.165) is 5.76 Å². The highest BCUT2D eigenvalue weighted by atomic mass is 19.4. The minimum atomic E-state index is -4.54. The van der Waals surface area contributed by atoms with Gasteiger partial charge in [0.05, 0.1) is 12.8 Å². The van der Waals surface area contributed by atoms with Crippen molar-refractivity contribution in [3.8, 4) is 0 Å². The summed E-state index contributed by atoms with van der Waals surface area (Å²) < 4.78 is 43.7. The number of hydrogen-bond donors (Lipinski definition) is 1. The predicted octanol–water partition coefficient (Wildman–Crippen LogP) is 2.29. The molecule has 1 aliphatic heterocycles. The second-order valence-electron chi connectivity index (χ2n) is 5.72. The molecule has 0 atom stereocenters. The van der Waals surface area contributed by atoms with Gasteiger partial charge in [0.25, 0.3) is 5.91 Å². The molecule has 130 valence electrons. The number of rotatable bonds is 3. The summed E-state index contributed by atoms with van der Waals surface area (Å²) in [5.74, 6) is 0.365. The zero-order valence-electron chi connectivity index (χ0n) is 13.1. The number of carbonyl (C=O) groups excluding carboxylic acids is 1. The van der Waals surface area contributed by atoms with Crippen LogP contribution in [0.15, 0.2) is 22.8 Å². The molecule has 0 spiro atoms. The van der Waals surface area contributed by atoms with Gasteiger partial charge in [-0.15, -0.1) is 0 Å². The number of amides is 1. The molecule has 6 nitrogen and oxygen atoms in total. The zero-order valence-corrected chi connectivity index (χ0v) is 13.1. The number of aromatic amines is 1. The summed E-state index contributed by atoms with van der Waals surface area (Å²) in [4.78, 5) is 16.1. The van der Waals surface area contributed by atoms with Crippen LogP contribution in [0, 0.1) is 6.92 Å². The maximum Gasteiger partial charge on any atom is 0.433 e. The van der Waals surface area contributed by atoms with E-state index in [1.54, 1.807) is 6.26 Å². The largest absolute Gasteiger partial charge is 0.468 e. The summed E-state index contributed by atoms with van der Waals surface area (Å²) in [6.07, 6.45) is -2.94. The van der Waals surface area contributed by atoms with Crippen LogP contribution in [0.4, 0.5) is 13.2 Å². The average Bonchev–Trinajstić information content (AvgIpc) is 3.16. The van der Waals surface area contributed by atoms with Gasteiger partial charge in [0, 0.05) is 31.7 Å². The lowest BCUT2D eigenvalue weighted by Gasteiger charge is -2.34. The molecule has 1 N–H and O–H groups in total. The lowest BCUT2D eigenvalue weighted by molar-refractivity contribution is -0.141. The van der Waals surface area contributed by atoms with E-state index in [1.165, 1.54) is 11.8 Å². The van der Waals surface area contributed by atoms with Crippen LogP contribution in [0.25, 0.3) is 0 Å². The molecule has 0 aliphatic carbocycles. The highest BCUT2D eigenvalue weighted by Gasteiger charge is 2.37. The Bertz CT molecular complexity index is 701. The van der Waals surface area contributed by atoms with E-state index in [0.29, 0.717) is 32.7 Å². The van der Waals surface area contributed by atoms with Crippen LogP contribution in [0.2, 0.25) is 0 Å². The first-order valence-corrected chi connectivity index (χ1v) is 7.52. The first kappa shape index (κ1) is 16.6. The highest BCUT2D eigenvalue weighted by Crippen LogP contribution is 2.31. The molecule has 3 heterocycles. The van der Waals surface area contributed by atoms with E-state index in [2.05, 4.69) is 10.00 Å². The SMILES string of the molecule is Cc1c(C(=O)N2CCN(Cc3ccco3)CC2)n[nH]c1C(F)(F)F. The van der Waals surface area contributed by atoms with Gasteiger partial charge in [-0.3, -0.25) is 14.8 Å². The summed E-state index contributed by atoms with van der Waals surface area (Å²) in [5, 5.41) is 5.50. The number of hydrogen-bond acceptors (Lipinski definition) is 4. The second-order valence-corrected chi connectivity index (χ2v) is 5.72. The van der Waals surface area contributed by atoms with Crippen LogP contribution in [0.5, 0.6) is 0 Å². The van der Waals surface area contributed by atoms with Crippen LogP contribution in [-0.4, -0.2) is 52.1 Å². The third kappa shape index (κ3) is 3.30. The van der Waals surface area contributed by atoms with Crippen molar-refractivity contribution in [2.24, 2.45) is 0 Å². The molecule has 1 aliphatic rings. The van der Waals surface area contributed by atoms with Crippen molar-refractivity contribution in [3.63, 3.8) is 0 Å². The van der Waals surface area contributed by atoms with Crippen LogP contribution in [0.1, 0.15) is 27.5 Å². The number of H-pyrrole nitrogens is 1. The van der Waals surface area contributed by atoms with Crippen molar-refractivity contribution in [1.29, 1.82) is 0 Å². The number of furan rings is 1. The molecule has 0 aromatic carbocycles. The summed E-state index contributed by atoms with van der Waals surface area (Å²) in [6, 6.07) is 3.69. The molecular weight excluding hydrogens is 325 g/mol. The van der Waals surface area contributed by atoms with E-state index >= 15 is 0 Å². The maximum absolute atomic E-state index is 12.8. The van der Waals surface area contributed by atoms with Gasteiger partial charge < -0.3 is 9.32 Å². The average molecular weight is 342 g/mol. The van der Waals surface area contributed by atoms with Crippen LogP contribution < -0.4 is 0 Å². The monoisotopic (exact) mass is 342 g/mol. The molecule has 1 fully saturated rings. The number of nitrogens with one attached hydrogen (secondary N) is 1. The molecule has 0 radical (unpaired) electrons. The standard InChI is InChI=1S/C15H17F3N4O2/c1-10-12(19-20-13(10)15(16,17)18)14(23)22-6-4-21(5-7-22)9-11-3-2-8-24-11/h2-3,8H,4-7,9H2,1H3,(H,19,20). The Balaban J connectivity index is 1.62. The lowest BCUT2D eigenvalue weighted by atomic mass is 10.1. The fraction of sp³-hybridized carbons (Fsp3) is 0.467. The number of alkyl halides is 3. The fourth-order valence-corrected chi connectivity index (χ4v) is 2.76. The second kappa shape index (κ2) is 6.31. The molecule has 24 heavy (non-hydrogen) atoms. The Kier molecular flexibility index (Phi) is 4.35. The van der Waals surface area contributed by atoms with Gasteiger partial charge >= 0.3 is 6.18 Å². The van der Waals surface area contributed by atoms with Gasteiger partial charge in [0.1, 0.15) is 11.5 Å². The summed E-state index contributed by atoms with van der Waals surface area (Å²) in [7, 11) is 0. The summed E-state index contributed by atoms with van der Waals surface area (Å²) in [5.41, 5.74) is -1.30. The van der Waals surface area contributed by atoms with E-state index in [1.807, 2.05) is 17.2 Å². The van der Waals surface area contributed by atoms with E-state index < -0.39 is 17.8 Å². The summed E-state index contributed by atoms with van der Waals surface area (Å²) in [6.45, 7) is 4.03. The van der Waals surface area contributed by atoms with Crippen molar-refractivity contribution >= 4 is 5.91 Å². The summed E-state index contributed by atoms with van der Waals surface area (Å²) >= 11 is 0. The Morgan fingerprint density at radius 2 is 2.04 bits per heavy atom. The first-order valence-electron chi connectivity index (χ1n) is 7.52. The molecule has 9 heteroatoms. The van der Waals surface area contributed by atoms with Gasteiger partial charge in [-0.25, -0.2) is 0 Å². The van der Waals surface area contributed by atoms with Gasteiger partial charge in [-0.1, -0.05) is 0 Å². The molecule has 3 rings (SSSR count). The number of carbonyl (C=O) groups is 1.